The van der Waals surface area contributed by atoms with Gasteiger partial charge >= 0.3 is 12.1 Å². The number of para-hydroxylation sites is 1. The molecule has 26 heavy (non-hydrogen) atoms. The smallest absolute Gasteiger partial charge is 0.416 e. The van der Waals surface area contributed by atoms with Crippen LogP contribution in [0.3, 0.4) is 0 Å². The Morgan fingerprint density at radius 1 is 1.08 bits per heavy atom. The summed E-state index contributed by atoms with van der Waals surface area (Å²) in [5.74, 6) is -1.36. The summed E-state index contributed by atoms with van der Waals surface area (Å²) in [6.07, 6.45) is -4.32. The van der Waals surface area contributed by atoms with Crippen LogP contribution in [0.15, 0.2) is 48.5 Å². The van der Waals surface area contributed by atoms with Gasteiger partial charge in [0.05, 0.1) is 17.7 Å². The molecule has 0 spiro atoms. The molecule has 2 aromatic rings. The standard InChI is InChI=1S/C18H16F3NO4/c19-18(20,21)12-5-3-6-13(11-12)22-17(25)14-7-1-2-8-15(14)26-10-4-9-16(23)24/h1-3,5-8,11H,4,9-10H2,(H,22,25)(H,23,24). The van der Waals surface area contributed by atoms with Gasteiger partial charge in [0.2, 0.25) is 0 Å². The predicted octanol–water partition coefficient (Wildman–Crippen LogP) is 4.20. The van der Waals surface area contributed by atoms with Gasteiger partial charge in [-0.3, -0.25) is 9.59 Å². The Labute approximate surface area is 147 Å². The van der Waals surface area contributed by atoms with E-state index >= 15 is 0 Å². The zero-order chi connectivity index (χ0) is 19.2. The lowest BCUT2D eigenvalue weighted by molar-refractivity contribution is -0.138. The first-order valence-corrected chi connectivity index (χ1v) is 7.69. The normalized spacial score (nSPS) is 11.0. The number of anilines is 1. The highest BCUT2D eigenvalue weighted by atomic mass is 19.4. The average Bonchev–Trinajstić information content (AvgIpc) is 2.58. The van der Waals surface area contributed by atoms with Crippen molar-refractivity contribution in [1.82, 2.24) is 0 Å². The number of nitrogens with one attached hydrogen (secondary N) is 1. The molecule has 0 fully saturated rings. The number of rotatable bonds is 7. The van der Waals surface area contributed by atoms with Crippen LogP contribution in [0.2, 0.25) is 0 Å². The molecule has 0 atom stereocenters. The second-order valence-corrected chi connectivity index (χ2v) is 5.37. The fourth-order valence-corrected chi connectivity index (χ4v) is 2.16. The molecular formula is C18H16F3NO4. The zero-order valence-electron chi connectivity index (χ0n) is 13.5. The first kappa shape index (κ1) is 19.3. The molecule has 0 aliphatic carbocycles. The minimum Gasteiger partial charge on any atom is -0.493 e. The summed E-state index contributed by atoms with van der Waals surface area (Å²) in [5.41, 5.74) is -0.723. The Kier molecular flexibility index (Phi) is 6.21. The SMILES string of the molecule is O=C(O)CCCOc1ccccc1C(=O)Nc1cccc(C(F)(F)F)c1. The molecule has 2 N–H and O–H groups in total. The molecule has 1 amide bonds. The molecule has 2 rings (SSSR count). The second kappa shape index (κ2) is 8.37. The van der Waals surface area contributed by atoms with Gasteiger partial charge in [0.25, 0.3) is 5.91 Å². The number of halogens is 3. The molecule has 2 aromatic carbocycles. The highest BCUT2D eigenvalue weighted by Crippen LogP contribution is 2.31. The Bertz CT molecular complexity index is 790. The van der Waals surface area contributed by atoms with Crippen LogP contribution in [-0.4, -0.2) is 23.6 Å². The number of benzene rings is 2. The quantitative estimate of drug-likeness (QED) is 0.719. The third-order valence-corrected chi connectivity index (χ3v) is 3.37. The fourth-order valence-electron chi connectivity index (χ4n) is 2.16. The lowest BCUT2D eigenvalue weighted by Gasteiger charge is -2.12. The predicted molar refractivity (Wildman–Crippen MR) is 88.2 cm³/mol. The minimum atomic E-state index is -4.51. The van der Waals surface area contributed by atoms with Crippen LogP contribution in [0.4, 0.5) is 18.9 Å². The van der Waals surface area contributed by atoms with Crippen molar-refractivity contribution in [2.45, 2.75) is 19.0 Å². The molecule has 0 aliphatic rings. The molecule has 8 heteroatoms. The molecule has 0 bridgehead atoms. The number of carboxylic acid groups (broad SMARTS) is 1. The van der Waals surface area contributed by atoms with Crippen LogP contribution in [0.5, 0.6) is 5.75 Å². The van der Waals surface area contributed by atoms with E-state index in [1.54, 1.807) is 12.1 Å². The second-order valence-electron chi connectivity index (χ2n) is 5.37. The lowest BCUT2D eigenvalue weighted by atomic mass is 10.1. The molecule has 138 valence electrons. The van der Waals surface area contributed by atoms with E-state index in [4.69, 9.17) is 9.84 Å². The number of carboxylic acids is 1. The van der Waals surface area contributed by atoms with E-state index in [1.807, 2.05) is 0 Å². The molecular weight excluding hydrogens is 351 g/mol. The third kappa shape index (κ3) is 5.51. The van der Waals surface area contributed by atoms with Crippen molar-refractivity contribution < 1.29 is 32.6 Å². The van der Waals surface area contributed by atoms with Gasteiger partial charge in [-0.15, -0.1) is 0 Å². The number of aliphatic carboxylic acids is 1. The van der Waals surface area contributed by atoms with Crippen molar-refractivity contribution >= 4 is 17.6 Å². The van der Waals surface area contributed by atoms with Gasteiger partial charge in [-0.05, 0) is 36.8 Å². The van der Waals surface area contributed by atoms with E-state index in [0.29, 0.717) is 0 Å². The van der Waals surface area contributed by atoms with Gasteiger partial charge in [-0.2, -0.15) is 13.2 Å². The maximum atomic E-state index is 12.7. The lowest BCUT2D eigenvalue weighted by Crippen LogP contribution is -2.15. The van der Waals surface area contributed by atoms with E-state index in [-0.39, 0.29) is 36.4 Å². The van der Waals surface area contributed by atoms with E-state index in [1.165, 1.54) is 24.3 Å². The molecule has 0 saturated carbocycles. The van der Waals surface area contributed by atoms with Crippen molar-refractivity contribution in [3.05, 3.63) is 59.7 Å². The van der Waals surface area contributed by atoms with E-state index in [2.05, 4.69) is 5.32 Å². The number of hydrogen-bond acceptors (Lipinski definition) is 3. The molecule has 0 heterocycles. The number of carbonyl (C=O) groups is 2. The molecule has 0 aromatic heterocycles. The summed E-state index contributed by atoms with van der Waals surface area (Å²) < 4.78 is 43.7. The van der Waals surface area contributed by atoms with Gasteiger partial charge in [0.15, 0.2) is 0 Å². The van der Waals surface area contributed by atoms with Crippen molar-refractivity contribution in [3.8, 4) is 5.75 Å². The summed E-state index contributed by atoms with van der Waals surface area (Å²) in [4.78, 5) is 22.9. The fraction of sp³-hybridized carbons (Fsp3) is 0.222. The van der Waals surface area contributed by atoms with Crippen molar-refractivity contribution in [1.29, 1.82) is 0 Å². The highest BCUT2D eigenvalue weighted by molar-refractivity contribution is 6.06. The maximum absolute atomic E-state index is 12.7. The Balaban J connectivity index is 2.09. The Hall–Kier alpha value is -3.03. The van der Waals surface area contributed by atoms with Crippen LogP contribution in [-0.2, 0) is 11.0 Å². The average molecular weight is 367 g/mol. The van der Waals surface area contributed by atoms with Crippen LogP contribution in [0.1, 0.15) is 28.8 Å². The zero-order valence-corrected chi connectivity index (χ0v) is 13.5. The Morgan fingerprint density at radius 2 is 1.81 bits per heavy atom. The van der Waals surface area contributed by atoms with Crippen LogP contribution < -0.4 is 10.1 Å². The molecule has 0 radical (unpaired) electrons. The van der Waals surface area contributed by atoms with E-state index < -0.39 is 23.6 Å². The largest absolute Gasteiger partial charge is 0.493 e. The summed E-state index contributed by atoms with van der Waals surface area (Å²) in [6.45, 7) is 0.0974. The number of carbonyl (C=O) groups excluding carboxylic acids is 1. The summed E-state index contributed by atoms with van der Waals surface area (Å²) in [5, 5.41) is 11.0. The molecule has 0 aliphatic heterocycles. The van der Waals surface area contributed by atoms with Crippen LogP contribution >= 0.6 is 0 Å². The van der Waals surface area contributed by atoms with Crippen LogP contribution in [0, 0.1) is 0 Å². The van der Waals surface area contributed by atoms with Gasteiger partial charge < -0.3 is 15.2 Å². The number of ether oxygens (including phenoxy) is 1. The Morgan fingerprint density at radius 3 is 2.50 bits per heavy atom. The topological polar surface area (TPSA) is 75.6 Å². The van der Waals surface area contributed by atoms with Crippen molar-refractivity contribution in [3.63, 3.8) is 0 Å². The van der Waals surface area contributed by atoms with Gasteiger partial charge in [0.1, 0.15) is 5.75 Å². The number of alkyl halides is 3. The summed E-state index contributed by atoms with van der Waals surface area (Å²) >= 11 is 0. The third-order valence-electron chi connectivity index (χ3n) is 3.37. The van der Waals surface area contributed by atoms with Gasteiger partial charge in [-0.25, -0.2) is 0 Å². The summed E-state index contributed by atoms with van der Waals surface area (Å²) in [7, 11) is 0. The summed E-state index contributed by atoms with van der Waals surface area (Å²) in [6, 6.07) is 10.5. The molecule has 0 unspecified atom stereocenters. The van der Waals surface area contributed by atoms with E-state index in [0.717, 1.165) is 12.1 Å². The molecule has 0 saturated heterocycles. The van der Waals surface area contributed by atoms with Crippen molar-refractivity contribution in [2.24, 2.45) is 0 Å². The first-order chi connectivity index (χ1) is 12.3. The number of hydrogen-bond donors (Lipinski definition) is 2. The monoisotopic (exact) mass is 367 g/mol. The molecule has 5 nitrogen and oxygen atoms in total. The van der Waals surface area contributed by atoms with Crippen LogP contribution in [0.25, 0.3) is 0 Å². The highest BCUT2D eigenvalue weighted by Gasteiger charge is 2.30. The van der Waals surface area contributed by atoms with Crippen molar-refractivity contribution in [2.75, 3.05) is 11.9 Å². The van der Waals surface area contributed by atoms with Gasteiger partial charge in [-0.1, -0.05) is 18.2 Å². The maximum Gasteiger partial charge on any atom is 0.416 e. The first-order valence-electron chi connectivity index (χ1n) is 7.69. The minimum absolute atomic E-state index is 0.00510. The van der Waals surface area contributed by atoms with Gasteiger partial charge in [0, 0.05) is 12.1 Å². The number of amides is 1. The van der Waals surface area contributed by atoms with E-state index in [9.17, 15) is 22.8 Å².